The van der Waals surface area contributed by atoms with Gasteiger partial charge in [-0.05, 0) is 30.7 Å². The molecule has 6 N–H and O–H groups in total. The first kappa shape index (κ1) is 20.1. The molecule has 0 spiro atoms. The van der Waals surface area contributed by atoms with Crippen molar-refractivity contribution in [2.24, 2.45) is 11.5 Å². The summed E-state index contributed by atoms with van der Waals surface area (Å²) in [5, 5.41) is 0. The molecule has 29 heavy (non-hydrogen) atoms. The van der Waals surface area contributed by atoms with Crippen LogP contribution in [-0.4, -0.2) is 31.8 Å². The van der Waals surface area contributed by atoms with Gasteiger partial charge in [0.2, 0.25) is 0 Å². The molecule has 8 nitrogen and oxygen atoms in total. The van der Waals surface area contributed by atoms with Crippen molar-refractivity contribution in [2.45, 2.75) is 32.6 Å². The smallest absolute Gasteiger partial charge is 0.250 e. The van der Waals surface area contributed by atoms with Crippen molar-refractivity contribution in [3.63, 3.8) is 0 Å². The average Bonchev–Trinajstić information content (AvgIpc) is 3.34. The van der Waals surface area contributed by atoms with Gasteiger partial charge in [-0.3, -0.25) is 9.59 Å². The first-order valence-electron chi connectivity index (χ1n) is 9.50. The number of unbranched alkanes of at least 4 members (excludes halogenated alkanes) is 2. The molecule has 0 aliphatic carbocycles. The molecule has 4 aromatic rings. The fourth-order valence-corrected chi connectivity index (χ4v) is 3.11. The Hall–Kier alpha value is -3.68. The molecule has 0 aliphatic rings. The molecule has 0 fully saturated rings. The number of H-pyrrole nitrogens is 2. The van der Waals surface area contributed by atoms with Gasteiger partial charge in [-0.1, -0.05) is 31.9 Å². The highest BCUT2D eigenvalue weighted by molar-refractivity contribution is 6.04. The van der Waals surface area contributed by atoms with Gasteiger partial charge in [-0.2, -0.15) is 0 Å². The SMILES string of the molecule is CCCCCc1nc2c(C(N)=O)cccc2[nH]1.NC(=O)c1cccc2[nH]cnc12. The zero-order chi connectivity index (χ0) is 20.8. The first-order chi connectivity index (χ1) is 14.0. The minimum absolute atomic E-state index is 0.429. The van der Waals surface area contributed by atoms with E-state index in [-0.39, 0.29) is 0 Å². The third-order valence-corrected chi connectivity index (χ3v) is 4.56. The predicted molar refractivity (Wildman–Crippen MR) is 112 cm³/mol. The van der Waals surface area contributed by atoms with Gasteiger partial charge < -0.3 is 21.4 Å². The van der Waals surface area contributed by atoms with Gasteiger partial charge in [-0.25, -0.2) is 9.97 Å². The molecule has 0 atom stereocenters. The number of nitrogens with zero attached hydrogens (tertiary/aromatic N) is 2. The minimum Gasteiger partial charge on any atom is -0.366 e. The number of rotatable bonds is 6. The lowest BCUT2D eigenvalue weighted by Gasteiger charge is -1.94. The summed E-state index contributed by atoms with van der Waals surface area (Å²) in [5.74, 6) is 0.0528. The van der Waals surface area contributed by atoms with Crippen molar-refractivity contribution in [2.75, 3.05) is 0 Å². The van der Waals surface area contributed by atoms with Crippen LogP contribution in [0.1, 0.15) is 52.7 Å². The van der Waals surface area contributed by atoms with E-state index in [2.05, 4.69) is 26.9 Å². The van der Waals surface area contributed by atoms with Crippen LogP contribution in [0.4, 0.5) is 0 Å². The Balaban J connectivity index is 0.000000176. The molecular weight excluding hydrogens is 368 g/mol. The number of nitrogens with one attached hydrogen (secondary N) is 2. The number of carbonyl (C=O) groups is 2. The van der Waals surface area contributed by atoms with E-state index in [1.807, 2.05) is 18.2 Å². The molecule has 2 aromatic heterocycles. The molecule has 4 rings (SSSR count). The van der Waals surface area contributed by atoms with Gasteiger partial charge >= 0.3 is 0 Å². The van der Waals surface area contributed by atoms with E-state index in [9.17, 15) is 9.59 Å². The average molecular weight is 392 g/mol. The zero-order valence-corrected chi connectivity index (χ0v) is 16.2. The van der Waals surface area contributed by atoms with Crippen LogP contribution in [0.15, 0.2) is 42.7 Å². The van der Waals surface area contributed by atoms with Crippen LogP contribution in [0, 0.1) is 0 Å². The maximum absolute atomic E-state index is 11.3. The highest BCUT2D eigenvalue weighted by Crippen LogP contribution is 2.17. The third-order valence-electron chi connectivity index (χ3n) is 4.56. The van der Waals surface area contributed by atoms with Gasteiger partial charge in [-0.15, -0.1) is 0 Å². The van der Waals surface area contributed by atoms with E-state index in [1.54, 1.807) is 18.2 Å². The summed E-state index contributed by atoms with van der Waals surface area (Å²) in [6.45, 7) is 2.17. The molecule has 8 heteroatoms. The summed E-state index contributed by atoms with van der Waals surface area (Å²) in [5.41, 5.74) is 14.4. The number of benzene rings is 2. The predicted octanol–water partition coefficient (Wildman–Crippen LogP) is 3.06. The lowest BCUT2D eigenvalue weighted by atomic mass is 10.2. The van der Waals surface area contributed by atoms with E-state index >= 15 is 0 Å². The van der Waals surface area contributed by atoms with E-state index < -0.39 is 11.8 Å². The second-order valence-corrected chi connectivity index (χ2v) is 6.68. The Morgan fingerprint density at radius 2 is 1.59 bits per heavy atom. The Labute approximate surface area is 167 Å². The van der Waals surface area contributed by atoms with Crippen molar-refractivity contribution in [3.8, 4) is 0 Å². The number of primary amides is 2. The molecule has 2 heterocycles. The first-order valence-corrected chi connectivity index (χ1v) is 9.50. The third kappa shape index (κ3) is 4.60. The highest BCUT2D eigenvalue weighted by atomic mass is 16.1. The molecule has 0 radical (unpaired) electrons. The lowest BCUT2D eigenvalue weighted by molar-refractivity contribution is 0.0993. The van der Waals surface area contributed by atoms with E-state index in [1.165, 1.54) is 19.2 Å². The highest BCUT2D eigenvalue weighted by Gasteiger charge is 2.10. The fraction of sp³-hybridized carbons (Fsp3) is 0.238. The van der Waals surface area contributed by atoms with Gasteiger partial charge in [0, 0.05) is 6.42 Å². The molecule has 0 saturated heterocycles. The summed E-state index contributed by atoms with van der Waals surface area (Å²) >= 11 is 0. The van der Waals surface area contributed by atoms with E-state index in [4.69, 9.17) is 11.5 Å². The second-order valence-electron chi connectivity index (χ2n) is 6.68. The number of aromatic nitrogens is 4. The Bertz CT molecular complexity index is 1140. The minimum atomic E-state index is -0.451. The summed E-state index contributed by atoms with van der Waals surface area (Å²) in [6.07, 6.45) is 5.95. The summed E-state index contributed by atoms with van der Waals surface area (Å²) in [6, 6.07) is 10.7. The number of hydrogen-bond acceptors (Lipinski definition) is 4. The summed E-state index contributed by atoms with van der Waals surface area (Å²) in [7, 11) is 0. The number of amides is 2. The van der Waals surface area contributed by atoms with Crippen molar-refractivity contribution in [1.82, 2.24) is 19.9 Å². The van der Waals surface area contributed by atoms with Crippen molar-refractivity contribution in [3.05, 3.63) is 59.7 Å². The van der Waals surface area contributed by atoms with Crippen LogP contribution in [0.25, 0.3) is 22.1 Å². The number of imidazole rings is 2. The van der Waals surface area contributed by atoms with Crippen LogP contribution < -0.4 is 11.5 Å². The molecule has 150 valence electrons. The molecule has 2 amide bonds. The van der Waals surface area contributed by atoms with E-state index in [0.717, 1.165) is 29.7 Å². The van der Waals surface area contributed by atoms with Gasteiger partial charge in [0.25, 0.3) is 11.8 Å². The molecule has 0 bridgehead atoms. The van der Waals surface area contributed by atoms with Gasteiger partial charge in [0.1, 0.15) is 16.9 Å². The number of aromatic amines is 2. The van der Waals surface area contributed by atoms with Crippen molar-refractivity contribution in [1.29, 1.82) is 0 Å². The normalized spacial score (nSPS) is 10.7. The number of nitrogens with two attached hydrogens (primary N) is 2. The van der Waals surface area contributed by atoms with Crippen molar-refractivity contribution < 1.29 is 9.59 Å². The maximum atomic E-state index is 11.3. The molecular formula is C21H24N6O2. The van der Waals surface area contributed by atoms with E-state index in [0.29, 0.717) is 22.2 Å². The second kappa shape index (κ2) is 9.01. The number of para-hydroxylation sites is 2. The molecule has 0 aliphatic heterocycles. The van der Waals surface area contributed by atoms with Crippen LogP contribution in [-0.2, 0) is 6.42 Å². The number of aryl methyl sites for hydroxylation is 1. The van der Waals surface area contributed by atoms with Gasteiger partial charge in [0.15, 0.2) is 0 Å². The number of fused-ring (bicyclic) bond motifs is 2. The topological polar surface area (TPSA) is 144 Å². The molecule has 2 aromatic carbocycles. The Morgan fingerprint density at radius 3 is 2.24 bits per heavy atom. The summed E-state index contributed by atoms with van der Waals surface area (Å²) < 4.78 is 0. The number of carbonyl (C=O) groups excluding carboxylic acids is 2. The molecule has 0 saturated carbocycles. The number of hydrogen-bond donors (Lipinski definition) is 4. The standard InChI is InChI=1S/C13H17N3O.C8H7N3O/c1-2-3-4-8-11-15-10-7-5-6-9(13(14)17)12(10)16-11;9-8(12)5-2-1-3-6-7(5)11-4-10-6/h5-7H,2-4,8H2,1H3,(H2,14,17)(H,15,16);1-4H,(H2,9,12)(H,10,11). The van der Waals surface area contributed by atoms with Crippen molar-refractivity contribution >= 4 is 33.9 Å². The monoisotopic (exact) mass is 392 g/mol. The Kier molecular flexibility index (Phi) is 6.23. The fourth-order valence-electron chi connectivity index (χ4n) is 3.11. The van der Waals surface area contributed by atoms with Crippen LogP contribution in [0.5, 0.6) is 0 Å². The van der Waals surface area contributed by atoms with Crippen LogP contribution >= 0.6 is 0 Å². The zero-order valence-electron chi connectivity index (χ0n) is 16.2. The van der Waals surface area contributed by atoms with Crippen LogP contribution in [0.2, 0.25) is 0 Å². The van der Waals surface area contributed by atoms with Crippen LogP contribution in [0.3, 0.4) is 0 Å². The largest absolute Gasteiger partial charge is 0.366 e. The lowest BCUT2D eigenvalue weighted by Crippen LogP contribution is -2.11. The quantitative estimate of drug-likeness (QED) is 0.374. The molecule has 0 unspecified atom stereocenters. The summed E-state index contributed by atoms with van der Waals surface area (Å²) in [4.78, 5) is 36.7. The maximum Gasteiger partial charge on any atom is 0.250 e. The van der Waals surface area contributed by atoms with Gasteiger partial charge in [0.05, 0.1) is 28.5 Å². The Morgan fingerprint density at radius 1 is 0.931 bits per heavy atom.